The number of amides is 1. The summed E-state index contributed by atoms with van der Waals surface area (Å²) in [5.74, 6) is 0.896. The van der Waals surface area contributed by atoms with Gasteiger partial charge in [-0.25, -0.2) is 9.78 Å². The highest BCUT2D eigenvalue weighted by Crippen LogP contribution is 2.36. The van der Waals surface area contributed by atoms with Gasteiger partial charge in [-0.15, -0.1) is 0 Å². The second kappa shape index (κ2) is 9.80. The molecule has 0 radical (unpaired) electrons. The van der Waals surface area contributed by atoms with Crippen LogP contribution in [0.15, 0.2) is 58.7 Å². The number of pyridine rings is 1. The molecular weight excluding hydrogens is 408 g/mol. The largest absolute Gasteiger partial charge is 0.441 e. The van der Waals surface area contributed by atoms with Crippen molar-refractivity contribution in [3.8, 4) is 0 Å². The van der Waals surface area contributed by atoms with Gasteiger partial charge in [0.15, 0.2) is 6.61 Å². The van der Waals surface area contributed by atoms with Crippen LogP contribution in [0.3, 0.4) is 0 Å². The van der Waals surface area contributed by atoms with Crippen molar-refractivity contribution in [2.45, 2.75) is 42.8 Å². The summed E-state index contributed by atoms with van der Waals surface area (Å²) in [7, 11) is 1.53. The molecule has 0 bridgehead atoms. The molecule has 0 saturated carbocycles. The van der Waals surface area contributed by atoms with Crippen LogP contribution in [0.1, 0.15) is 36.8 Å². The standard InChI is InChI=1S/C21H23ClN4O2S/c1-14(2)19-20(29-17-6-4-5-16(22)11-17)26(12-15-7-9-24-10-8-15)18(25-19)13-28-21(27)23-3/h4-11,14H,12-13H2,1-3H3,(H,23,27). The van der Waals surface area contributed by atoms with E-state index in [0.717, 1.165) is 21.2 Å². The minimum absolute atomic E-state index is 0.0839. The first kappa shape index (κ1) is 21.2. The van der Waals surface area contributed by atoms with Crippen molar-refractivity contribution in [2.75, 3.05) is 7.05 Å². The molecule has 0 spiro atoms. The fourth-order valence-electron chi connectivity index (χ4n) is 2.77. The highest BCUT2D eigenvalue weighted by molar-refractivity contribution is 7.99. The normalized spacial score (nSPS) is 10.9. The number of ether oxygens (including phenoxy) is 1. The molecule has 2 heterocycles. The van der Waals surface area contributed by atoms with Gasteiger partial charge in [0.05, 0.1) is 12.2 Å². The minimum Gasteiger partial charge on any atom is -0.441 e. The maximum Gasteiger partial charge on any atom is 0.407 e. The highest BCUT2D eigenvalue weighted by Gasteiger charge is 2.21. The Morgan fingerprint density at radius 3 is 2.69 bits per heavy atom. The lowest BCUT2D eigenvalue weighted by molar-refractivity contribution is 0.137. The number of carbonyl (C=O) groups excluding carboxylic acids is 1. The maximum absolute atomic E-state index is 11.6. The molecular formula is C21H23ClN4O2S. The molecule has 6 nitrogen and oxygen atoms in total. The third kappa shape index (κ3) is 5.52. The van der Waals surface area contributed by atoms with Crippen molar-refractivity contribution in [1.29, 1.82) is 0 Å². The lowest BCUT2D eigenvalue weighted by Gasteiger charge is -2.14. The average molecular weight is 431 g/mol. The number of alkyl carbamates (subject to hydrolysis) is 1. The summed E-state index contributed by atoms with van der Waals surface area (Å²) in [6.07, 6.45) is 3.04. The molecule has 1 aromatic carbocycles. The number of halogens is 1. The minimum atomic E-state index is -0.487. The topological polar surface area (TPSA) is 69.0 Å². The number of carbonyl (C=O) groups is 1. The Morgan fingerprint density at radius 2 is 2.03 bits per heavy atom. The second-order valence-electron chi connectivity index (χ2n) is 6.70. The molecule has 0 aliphatic rings. The van der Waals surface area contributed by atoms with E-state index in [2.05, 4.69) is 28.7 Å². The maximum atomic E-state index is 11.6. The summed E-state index contributed by atoms with van der Waals surface area (Å²) in [6, 6.07) is 11.7. The fourth-order valence-corrected chi connectivity index (χ4v) is 4.25. The fraction of sp³-hybridized carbons (Fsp3) is 0.286. The summed E-state index contributed by atoms with van der Waals surface area (Å²) in [5.41, 5.74) is 2.04. The van der Waals surface area contributed by atoms with Crippen LogP contribution in [0, 0.1) is 0 Å². The van der Waals surface area contributed by atoms with Crippen molar-refractivity contribution < 1.29 is 9.53 Å². The number of nitrogens with one attached hydrogen (secondary N) is 1. The molecule has 0 unspecified atom stereocenters. The van der Waals surface area contributed by atoms with Crippen LogP contribution in [0.2, 0.25) is 5.02 Å². The Morgan fingerprint density at radius 1 is 1.28 bits per heavy atom. The van der Waals surface area contributed by atoms with Crippen LogP contribution in [0.25, 0.3) is 0 Å². The summed E-state index contributed by atoms with van der Waals surface area (Å²) in [6.45, 7) is 4.88. The molecule has 0 atom stereocenters. The second-order valence-corrected chi connectivity index (χ2v) is 8.20. The SMILES string of the molecule is CNC(=O)OCc1nc(C(C)C)c(Sc2cccc(Cl)c2)n1Cc1ccncc1. The predicted octanol–water partition coefficient (Wildman–Crippen LogP) is 5.11. The van der Waals surface area contributed by atoms with E-state index in [1.807, 2.05) is 36.4 Å². The Hall–Kier alpha value is -2.51. The van der Waals surface area contributed by atoms with Crippen molar-refractivity contribution in [1.82, 2.24) is 19.9 Å². The predicted molar refractivity (Wildman–Crippen MR) is 114 cm³/mol. The summed E-state index contributed by atoms with van der Waals surface area (Å²) < 4.78 is 7.39. The molecule has 8 heteroatoms. The highest BCUT2D eigenvalue weighted by atomic mass is 35.5. The van der Waals surface area contributed by atoms with E-state index in [4.69, 9.17) is 21.3 Å². The first-order valence-corrected chi connectivity index (χ1v) is 10.4. The van der Waals surface area contributed by atoms with Crippen molar-refractivity contribution in [2.24, 2.45) is 0 Å². The monoisotopic (exact) mass is 430 g/mol. The van der Waals surface area contributed by atoms with E-state index in [9.17, 15) is 4.79 Å². The smallest absolute Gasteiger partial charge is 0.407 e. The number of nitrogens with zero attached hydrogens (tertiary/aromatic N) is 3. The average Bonchev–Trinajstić information content (AvgIpc) is 3.04. The summed E-state index contributed by atoms with van der Waals surface area (Å²) in [4.78, 5) is 21.5. The van der Waals surface area contributed by atoms with E-state index in [-0.39, 0.29) is 12.5 Å². The number of hydrogen-bond donors (Lipinski definition) is 1. The van der Waals surface area contributed by atoms with Gasteiger partial charge in [0.1, 0.15) is 10.9 Å². The van der Waals surface area contributed by atoms with E-state index in [1.165, 1.54) is 7.05 Å². The molecule has 2 aromatic heterocycles. The third-order valence-electron chi connectivity index (χ3n) is 4.21. The third-order valence-corrected chi connectivity index (χ3v) is 5.56. The Bertz CT molecular complexity index is 976. The number of imidazole rings is 1. The zero-order chi connectivity index (χ0) is 20.8. The molecule has 3 aromatic rings. The molecule has 1 amide bonds. The van der Waals surface area contributed by atoms with Crippen molar-refractivity contribution in [3.05, 3.63) is 70.9 Å². The zero-order valence-electron chi connectivity index (χ0n) is 16.6. The van der Waals surface area contributed by atoms with Gasteiger partial charge in [-0.05, 0) is 41.8 Å². The Kier molecular flexibility index (Phi) is 7.17. The summed E-state index contributed by atoms with van der Waals surface area (Å²) in [5, 5.41) is 4.16. The van der Waals surface area contributed by atoms with Crippen LogP contribution < -0.4 is 5.32 Å². The molecule has 152 valence electrons. The lowest BCUT2D eigenvalue weighted by atomic mass is 10.1. The molecule has 0 saturated heterocycles. The lowest BCUT2D eigenvalue weighted by Crippen LogP contribution is -2.20. The Balaban J connectivity index is 2.04. The molecule has 1 N–H and O–H groups in total. The van der Waals surface area contributed by atoms with Gasteiger partial charge < -0.3 is 14.6 Å². The van der Waals surface area contributed by atoms with Crippen molar-refractivity contribution in [3.63, 3.8) is 0 Å². The van der Waals surface area contributed by atoms with Gasteiger partial charge in [-0.3, -0.25) is 4.98 Å². The zero-order valence-corrected chi connectivity index (χ0v) is 18.1. The first-order chi connectivity index (χ1) is 14.0. The van der Waals surface area contributed by atoms with E-state index in [1.54, 1.807) is 24.2 Å². The molecule has 29 heavy (non-hydrogen) atoms. The molecule has 0 aliphatic heterocycles. The van der Waals surface area contributed by atoms with Crippen molar-refractivity contribution >= 4 is 29.5 Å². The van der Waals surface area contributed by atoms with Crippen LogP contribution >= 0.6 is 23.4 Å². The molecule has 3 rings (SSSR count). The van der Waals surface area contributed by atoms with Crippen LogP contribution in [0.5, 0.6) is 0 Å². The van der Waals surface area contributed by atoms with Crippen LogP contribution in [-0.4, -0.2) is 27.7 Å². The van der Waals surface area contributed by atoms with Gasteiger partial charge >= 0.3 is 6.09 Å². The van der Waals surface area contributed by atoms with Crippen LogP contribution in [0.4, 0.5) is 4.79 Å². The quantitative estimate of drug-likeness (QED) is 0.564. The number of benzene rings is 1. The number of aromatic nitrogens is 3. The molecule has 0 aliphatic carbocycles. The van der Waals surface area contributed by atoms with Gasteiger partial charge in [0.25, 0.3) is 0 Å². The van der Waals surface area contributed by atoms with E-state index < -0.39 is 6.09 Å². The van der Waals surface area contributed by atoms with Gasteiger partial charge in [-0.1, -0.05) is 43.3 Å². The number of rotatable bonds is 7. The van der Waals surface area contributed by atoms with Gasteiger partial charge in [0, 0.05) is 29.4 Å². The van der Waals surface area contributed by atoms with E-state index >= 15 is 0 Å². The molecule has 0 fully saturated rings. The van der Waals surface area contributed by atoms with E-state index in [0.29, 0.717) is 17.4 Å². The first-order valence-electron chi connectivity index (χ1n) is 9.24. The Labute approximate surface area is 179 Å². The van der Waals surface area contributed by atoms with Gasteiger partial charge in [0.2, 0.25) is 0 Å². The number of hydrogen-bond acceptors (Lipinski definition) is 5. The van der Waals surface area contributed by atoms with Crippen LogP contribution in [-0.2, 0) is 17.9 Å². The van der Waals surface area contributed by atoms with Gasteiger partial charge in [-0.2, -0.15) is 0 Å². The summed E-state index contributed by atoms with van der Waals surface area (Å²) >= 11 is 7.79.